The van der Waals surface area contributed by atoms with E-state index in [1.54, 1.807) is 24.3 Å². The smallest absolute Gasteiger partial charge is 0.255 e. The third-order valence-corrected chi connectivity index (χ3v) is 4.10. The molecule has 0 saturated carbocycles. The molecule has 0 aliphatic heterocycles. The molecule has 0 bridgehead atoms. The van der Waals surface area contributed by atoms with Crippen molar-refractivity contribution in [3.63, 3.8) is 0 Å². The largest absolute Gasteiger partial charge is 0.493 e. The average molecular weight is 375 g/mol. The Bertz CT molecular complexity index is 749. The van der Waals surface area contributed by atoms with E-state index in [9.17, 15) is 9.59 Å². The number of para-hydroxylation sites is 1. The topological polar surface area (TPSA) is 67.4 Å². The van der Waals surface area contributed by atoms with E-state index >= 15 is 0 Å². The van der Waals surface area contributed by atoms with E-state index in [4.69, 9.17) is 16.3 Å². The highest BCUT2D eigenvalue weighted by Gasteiger charge is 2.11. The first-order valence-corrected chi connectivity index (χ1v) is 8.99. The van der Waals surface area contributed by atoms with Crippen molar-refractivity contribution in [2.45, 2.75) is 26.3 Å². The molecule has 138 valence electrons. The summed E-state index contributed by atoms with van der Waals surface area (Å²) in [5.74, 6) is 0.282. The number of hydrogen-bond donors (Lipinski definition) is 2. The van der Waals surface area contributed by atoms with E-state index in [0.29, 0.717) is 48.9 Å². The van der Waals surface area contributed by atoms with Crippen LogP contribution in [-0.2, 0) is 11.3 Å². The molecule has 2 aromatic rings. The highest BCUT2D eigenvalue weighted by atomic mass is 35.5. The molecule has 0 aliphatic carbocycles. The number of amides is 2. The molecule has 6 heteroatoms. The van der Waals surface area contributed by atoms with Gasteiger partial charge in [0.1, 0.15) is 5.75 Å². The summed E-state index contributed by atoms with van der Waals surface area (Å²) in [6, 6.07) is 14.5. The van der Waals surface area contributed by atoms with Crippen LogP contribution in [0, 0.1) is 0 Å². The average Bonchev–Trinajstić information content (AvgIpc) is 2.65. The molecule has 0 atom stereocenters. The van der Waals surface area contributed by atoms with Gasteiger partial charge in [0.2, 0.25) is 5.91 Å². The van der Waals surface area contributed by atoms with E-state index in [0.717, 1.165) is 5.56 Å². The summed E-state index contributed by atoms with van der Waals surface area (Å²) in [6.07, 6.45) is 0.884. The molecule has 2 N–H and O–H groups in total. The maximum Gasteiger partial charge on any atom is 0.255 e. The lowest BCUT2D eigenvalue weighted by atomic mass is 10.2. The zero-order chi connectivity index (χ0) is 18.8. The predicted octanol–water partition coefficient (Wildman–Crippen LogP) is 3.57. The SMILES string of the molecule is CCOc1ccccc1C(=O)NCCCC(=O)NCc1ccccc1Cl. The van der Waals surface area contributed by atoms with Gasteiger partial charge < -0.3 is 15.4 Å². The van der Waals surface area contributed by atoms with Crippen molar-refractivity contribution in [2.75, 3.05) is 13.2 Å². The fourth-order valence-electron chi connectivity index (χ4n) is 2.41. The Balaban J connectivity index is 1.70. The molecule has 0 spiro atoms. The van der Waals surface area contributed by atoms with Crippen molar-refractivity contribution in [1.82, 2.24) is 10.6 Å². The van der Waals surface area contributed by atoms with Gasteiger partial charge in [-0.2, -0.15) is 0 Å². The molecule has 0 aromatic heterocycles. The van der Waals surface area contributed by atoms with Crippen molar-refractivity contribution >= 4 is 23.4 Å². The third kappa shape index (κ3) is 6.08. The van der Waals surface area contributed by atoms with E-state index in [-0.39, 0.29) is 11.8 Å². The first kappa shape index (κ1) is 19.8. The number of benzene rings is 2. The van der Waals surface area contributed by atoms with Gasteiger partial charge in [-0.25, -0.2) is 0 Å². The number of ether oxygens (including phenoxy) is 1. The summed E-state index contributed by atoms with van der Waals surface area (Å²) in [5.41, 5.74) is 1.38. The number of carbonyl (C=O) groups is 2. The van der Waals surface area contributed by atoms with E-state index in [1.165, 1.54) is 0 Å². The van der Waals surface area contributed by atoms with Crippen LogP contribution < -0.4 is 15.4 Å². The number of hydrogen-bond acceptors (Lipinski definition) is 3. The minimum absolute atomic E-state index is 0.0751. The Morgan fingerprint density at radius 3 is 2.54 bits per heavy atom. The fourth-order valence-corrected chi connectivity index (χ4v) is 2.61. The minimum atomic E-state index is -0.203. The van der Waals surface area contributed by atoms with Gasteiger partial charge in [-0.05, 0) is 37.1 Å². The Morgan fingerprint density at radius 2 is 1.77 bits per heavy atom. The first-order valence-electron chi connectivity index (χ1n) is 8.62. The monoisotopic (exact) mass is 374 g/mol. The summed E-state index contributed by atoms with van der Waals surface area (Å²) in [5, 5.41) is 6.28. The summed E-state index contributed by atoms with van der Waals surface area (Å²) >= 11 is 6.05. The second-order valence-electron chi connectivity index (χ2n) is 5.66. The second kappa shape index (κ2) is 10.5. The predicted molar refractivity (Wildman–Crippen MR) is 102 cm³/mol. The fraction of sp³-hybridized carbons (Fsp3) is 0.300. The summed E-state index contributed by atoms with van der Waals surface area (Å²) in [7, 11) is 0. The molecule has 0 radical (unpaired) electrons. The van der Waals surface area contributed by atoms with Crippen molar-refractivity contribution in [3.8, 4) is 5.75 Å². The lowest BCUT2D eigenvalue weighted by Gasteiger charge is -2.10. The molecule has 2 aromatic carbocycles. The van der Waals surface area contributed by atoms with Crippen LogP contribution in [0.3, 0.4) is 0 Å². The summed E-state index contributed by atoms with van der Waals surface area (Å²) in [4.78, 5) is 24.1. The number of halogens is 1. The van der Waals surface area contributed by atoms with Crippen LogP contribution in [0.4, 0.5) is 0 Å². The Kier molecular flexibility index (Phi) is 7.96. The van der Waals surface area contributed by atoms with E-state index in [1.807, 2.05) is 31.2 Å². The molecule has 0 heterocycles. The zero-order valence-corrected chi connectivity index (χ0v) is 15.5. The molecule has 5 nitrogen and oxygen atoms in total. The van der Waals surface area contributed by atoms with Gasteiger partial charge in [-0.1, -0.05) is 41.9 Å². The lowest BCUT2D eigenvalue weighted by molar-refractivity contribution is -0.121. The van der Waals surface area contributed by atoms with E-state index < -0.39 is 0 Å². The summed E-state index contributed by atoms with van der Waals surface area (Å²) in [6.45, 7) is 3.18. The molecule has 2 rings (SSSR count). The van der Waals surface area contributed by atoms with Gasteiger partial charge >= 0.3 is 0 Å². The van der Waals surface area contributed by atoms with Crippen LogP contribution in [0.15, 0.2) is 48.5 Å². The molecule has 2 amide bonds. The van der Waals surface area contributed by atoms with E-state index in [2.05, 4.69) is 10.6 Å². The molecule has 0 unspecified atom stereocenters. The molecule has 0 aliphatic rings. The quantitative estimate of drug-likeness (QED) is 0.659. The first-order chi connectivity index (χ1) is 12.6. The highest BCUT2D eigenvalue weighted by molar-refractivity contribution is 6.31. The highest BCUT2D eigenvalue weighted by Crippen LogP contribution is 2.17. The summed E-state index contributed by atoms with van der Waals surface area (Å²) < 4.78 is 5.45. The van der Waals surface area contributed by atoms with Crippen LogP contribution in [0.25, 0.3) is 0 Å². The van der Waals surface area contributed by atoms with Gasteiger partial charge in [0.05, 0.1) is 12.2 Å². The van der Waals surface area contributed by atoms with Crippen LogP contribution >= 0.6 is 11.6 Å². The van der Waals surface area contributed by atoms with Crippen LogP contribution in [0.2, 0.25) is 5.02 Å². The van der Waals surface area contributed by atoms with Crippen LogP contribution in [0.1, 0.15) is 35.7 Å². The minimum Gasteiger partial charge on any atom is -0.493 e. The normalized spacial score (nSPS) is 10.2. The molecule has 26 heavy (non-hydrogen) atoms. The molecular weight excluding hydrogens is 352 g/mol. The molecule has 0 fully saturated rings. The van der Waals surface area contributed by atoms with Gasteiger partial charge in [0.15, 0.2) is 0 Å². The maximum absolute atomic E-state index is 12.2. The third-order valence-electron chi connectivity index (χ3n) is 3.73. The van der Waals surface area contributed by atoms with Gasteiger partial charge in [-0.15, -0.1) is 0 Å². The van der Waals surface area contributed by atoms with Crippen molar-refractivity contribution in [1.29, 1.82) is 0 Å². The van der Waals surface area contributed by atoms with Crippen LogP contribution in [0.5, 0.6) is 5.75 Å². The van der Waals surface area contributed by atoms with Gasteiger partial charge in [-0.3, -0.25) is 9.59 Å². The number of carbonyl (C=O) groups excluding carboxylic acids is 2. The zero-order valence-electron chi connectivity index (χ0n) is 14.8. The lowest BCUT2D eigenvalue weighted by Crippen LogP contribution is -2.27. The maximum atomic E-state index is 12.2. The number of rotatable bonds is 9. The van der Waals surface area contributed by atoms with Gasteiger partial charge in [0, 0.05) is 24.5 Å². The van der Waals surface area contributed by atoms with Crippen molar-refractivity contribution in [3.05, 3.63) is 64.7 Å². The van der Waals surface area contributed by atoms with Crippen LogP contribution in [-0.4, -0.2) is 25.0 Å². The van der Waals surface area contributed by atoms with Crippen molar-refractivity contribution < 1.29 is 14.3 Å². The molecular formula is C20H23ClN2O3. The van der Waals surface area contributed by atoms with Gasteiger partial charge in [0.25, 0.3) is 5.91 Å². The Morgan fingerprint density at radius 1 is 1.04 bits per heavy atom. The standard InChI is InChI=1S/C20H23ClN2O3/c1-2-26-18-11-6-4-9-16(18)20(25)22-13-7-12-19(24)23-14-15-8-3-5-10-17(15)21/h3-6,8-11H,2,7,12-14H2,1H3,(H,22,25)(H,23,24). The molecule has 0 saturated heterocycles. The second-order valence-corrected chi connectivity index (χ2v) is 6.06. The number of nitrogens with one attached hydrogen (secondary N) is 2. The van der Waals surface area contributed by atoms with Crippen molar-refractivity contribution in [2.24, 2.45) is 0 Å². The Labute approximate surface area is 158 Å². The Hall–Kier alpha value is -2.53.